The number of halogens is 5. The zero-order chi connectivity index (χ0) is 21.9. The molecule has 1 unspecified atom stereocenters. The highest BCUT2D eigenvalue weighted by Gasteiger charge is 2.40. The van der Waals surface area contributed by atoms with Crippen molar-refractivity contribution in [3.05, 3.63) is 65.2 Å². The Kier molecular flexibility index (Phi) is 5.72. The molecule has 1 N–H and O–H groups in total. The number of carbonyl (C=O) groups is 1. The van der Waals surface area contributed by atoms with Crippen molar-refractivity contribution in [1.82, 2.24) is 5.43 Å². The van der Waals surface area contributed by atoms with Crippen LogP contribution in [-0.2, 0) is 21.6 Å². The lowest BCUT2D eigenvalue weighted by Gasteiger charge is -2.32. The lowest BCUT2D eigenvalue weighted by atomic mass is 10.1. The number of nitrogens with one attached hydrogen (secondary N) is 1. The first kappa shape index (κ1) is 21.2. The van der Waals surface area contributed by atoms with Crippen LogP contribution in [0.15, 0.2) is 52.6 Å². The van der Waals surface area contributed by atoms with Gasteiger partial charge in [-0.15, -0.1) is 0 Å². The Hall–Kier alpha value is -3.50. The van der Waals surface area contributed by atoms with Crippen LogP contribution in [0, 0.1) is 11.6 Å². The summed E-state index contributed by atoms with van der Waals surface area (Å²) in [5.74, 6) is -5.51. The number of ether oxygens (including phenoxy) is 2. The number of hydrogen-bond acceptors (Lipinski definition) is 6. The van der Waals surface area contributed by atoms with Crippen LogP contribution in [0.1, 0.15) is 18.1 Å². The maximum atomic E-state index is 14.1. The fraction of sp³-hybridized carbons (Fsp3) is 0.211. The zero-order valence-electron chi connectivity index (χ0n) is 15.3. The van der Waals surface area contributed by atoms with Crippen LogP contribution in [0.3, 0.4) is 0 Å². The first-order valence-electron chi connectivity index (χ1n) is 8.53. The number of benzene rings is 2. The molecule has 1 heterocycles. The van der Waals surface area contributed by atoms with Crippen LogP contribution in [-0.4, -0.2) is 24.5 Å². The van der Waals surface area contributed by atoms with Gasteiger partial charge in [0, 0.05) is 11.6 Å². The van der Waals surface area contributed by atoms with E-state index >= 15 is 0 Å². The van der Waals surface area contributed by atoms with E-state index in [4.69, 9.17) is 9.47 Å². The lowest BCUT2D eigenvalue weighted by molar-refractivity contribution is -0.138. The minimum atomic E-state index is -4.68. The smallest absolute Gasteiger partial charge is 0.416 e. The highest BCUT2D eigenvalue weighted by atomic mass is 19.4. The molecule has 2 aromatic rings. The second-order valence-corrected chi connectivity index (χ2v) is 5.99. The van der Waals surface area contributed by atoms with Crippen molar-refractivity contribution in [2.75, 3.05) is 6.61 Å². The summed E-state index contributed by atoms with van der Waals surface area (Å²) in [6.45, 7) is 1.62. The second-order valence-electron chi connectivity index (χ2n) is 5.99. The van der Waals surface area contributed by atoms with E-state index in [-0.39, 0.29) is 17.9 Å². The van der Waals surface area contributed by atoms with Gasteiger partial charge >= 0.3 is 18.0 Å². The first-order valence-corrected chi connectivity index (χ1v) is 8.53. The van der Waals surface area contributed by atoms with Gasteiger partial charge in [-0.3, -0.25) is 0 Å². The molecule has 0 saturated carbocycles. The number of alkyl halides is 3. The fourth-order valence-electron chi connectivity index (χ4n) is 2.52. The van der Waals surface area contributed by atoms with Gasteiger partial charge in [0.1, 0.15) is 5.82 Å². The van der Waals surface area contributed by atoms with Gasteiger partial charge in [0.15, 0.2) is 17.3 Å². The fourth-order valence-corrected chi connectivity index (χ4v) is 2.52. The van der Waals surface area contributed by atoms with E-state index in [0.29, 0.717) is 12.1 Å². The van der Waals surface area contributed by atoms with Crippen molar-refractivity contribution in [3.63, 3.8) is 0 Å². The standard InChI is InChI=1S/C19H14F5N3O3/c1-2-29-17(28)15-10-25-19(27-26-15,30-16-9-13(20)6-7-14(16)21)12-5-3-4-11(8-12)18(22,23)24/h3-10,27H,2H2,1H3. The number of hydrogen-bond donors (Lipinski definition) is 1. The Morgan fingerprint density at radius 3 is 2.57 bits per heavy atom. The Morgan fingerprint density at radius 2 is 1.93 bits per heavy atom. The Balaban J connectivity index is 2.06. The summed E-state index contributed by atoms with van der Waals surface area (Å²) in [5, 5.41) is 3.74. The van der Waals surface area contributed by atoms with Crippen LogP contribution in [0.2, 0.25) is 0 Å². The molecule has 1 atom stereocenters. The quantitative estimate of drug-likeness (QED) is 0.583. The van der Waals surface area contributed by atoms with Crippen molar-refractivity contribution >= 4 is 17.9 Å². The Morgan fingerprint density at radius 1 is 1.17 bits per heavy atom. The van der Waals surface area contributed by atoms with E-state index in [0.717, 1.165) is 30.5 Å². The van der Waals surface area contributed by atoms with Crippen molar-refractivity contribution in [2.24, 2.45) is 10.1 Å². The molecule has 0 radical (unpaired) electrons. The molecule has 30 heavy (non-hydrogen) atoms. The van der Waals surface area contributed by atoms with Crippen LogP contribution < -0.4 is 10.2 Å². The van der Waals surface area contributed by atoms with Crippen LogP contribution in [0.25, 0.3) is 0 Å². The monoisotopic (exact) mass is 427 g/mol. The minimum Gasteiger partial charge on any atom is -0.461 e. The first-order chi connectivity index (χ1) is 14.1. The minimum absolute atomic E-state index is 0.0511. The summed E-state index contributed by atoms with van der Waals surface area (Å²) in [5.41, 5.74) is 0.787. The second kappa shape index (κ2) is 8.09. The van der Waals surface area contributed by atoms with E-state index < -0.39 is 40.9 Å². The van der Waals surface area contributed by atoms with Crippen LogP contribution in [0.5, 0.6) is 5.75 Å². The summed E-state index contributed by atoms with van der Waals surface area (Å²) in [4.78, 5) is 15.8. The molecule has 0 aromatic heterocycles. The third-order valence-corrected chi connectivity index (χ3v) is 3.91. The number of aliphatic imine (C=N–C) groups is 1. The van der Waals surface area contributed by atoms with E-state index in [1.54, 1.807) is 6.92 Å². The molecule has 3 rings (SSSR count). The highest BCUT2D eigenvalue weighted by molar-refractivity contribution is 6.59. The van der Waals surface area contributed by atoms with Gasteiger partial charge in [0.05, 0.1) is 18.4 Å². The van der Waals surface area contributed by atoms with Crippen molar-refractivity contribution in [2.45, 2.75) is 18.9 Å². The van der Waals surface area contributed by atoms with Gasteiger partial charge in [-0.05, 0) is 31.2 Å². The van der Waals surface area contributed by atoms with Gasteiger partial charge in [-0.2, -0.15) is 18.3 Å². The molecule has 0 aliphatic carbocycles. The summed E-state index contributed by atoms with van der Waals surface area (Å²) in [7, 11) is 0. The molecule has 1 aliphatic heterocycles. The largest absolute Gasteiger partial charge is 0.461 e. The normalized spacial score (nSPS) is 18.4. The van der Waals surface area contributed by atoms with Crippen molar-refractivity contribution in [1.29, 1.82) is 0 Å². The number of carbonyl (C=O) groups excluding carboxylic acids is 1. The molecular formula is C19H14F5N3O3. The summed E-state index contributed by atoms with van der Waals surface area (Å²) >= 11 is 0. The van der Waals surface area contributed by atoms with Crippen molar-refractivity contribution < 1.29 is 36.2 Å². The number of hydrazone groups is 1. The third-order valence-electron chi connectivity index (χ3n) is 3.91. The molecular weight excluding hydrogens is 413 g/mol. The molecule has 0 amide bonds. The Labute approximate surface area is 167 Å². The number of esters is 1. The molecule has 158 valence electrons. The predicted molar refractivity (Wildman–Crippen MR) is 95.8 cm³/mol. The molecule has 0 saturated heterocycles. The summed E-state index contributed by atoms with van der Waals surface area (Å²) in [6.07, 6.45) is -3.77. The average molecular weight is 427 g/mol. The van der Waals surface area contributed by atoms with Crippen LogP contribution in [0.4, 0.5) is 22.0 Å². The van der Waals surface area contributed by atoms with E-state index in [2.05, 4.69) is 15.5 Å². The zero-order valence-corrected chi connectivity index (χ0v) is 15.3. The molecule has 0 fully saturated rings. The Bertz CT molecular complexity index is 1020. The maximum Gasteiger partial charge on any atom is 0.416 e. The van der Waals surface area contributed by atoms with Gasteiger partial charge in [0.25, 0.3) is 0 Å². The van der Waals surface area contributed by atoms with E-state index in [9.17, 15) is 26.7 Å². The topological polar surface area (TPSA) is 72.3 Å². The SMILES string of the molecule is CCOC(=O)C1=NNC(Oc2cc(F)ccc2F)(c2cccc(C(F)(F)F)c2)N=C1. The van der Waals surface area contributed by atoms with Gasteiger partial charge < -0.3 is 9.47 Å². The van der Waals surface area contributed by atoms with Crippen molar-refractivity contribution in [3.8, 4) is 5.75 Å². The van der Waals surface area contributed by atoms with Gasteiger partial charge in [-0.1, -0.05) is 12.1 Å². The van der Waals surface area contributed by atoms with Gasteiger partial charge in [-0.25, -0.2) is 24.0 Å². The molecule has 1 aliphatic rings. The highest BCUT2D eigenvalue weighted by Crippen LogP contribution is 2.35. The molecule has 0 spiro atoms. The summed E-state index contributed by atoms with van der Waals surface area (Å²) in [6, 6.07) is 6.17. The van der Waals surface area contributed by atoms with E-state index in [1.165, 1.54) is 6.07 Å². The molecule has 6 nitrogen and oxygen atoms in total. The number of rotatable bonds is 5. The molecule has 11 heteroatoms. The lowest BCUT2D eigenvalue weighted by Crippen LogP contribution is -2.47. The van der Waals surface area contributed by atoms with Crippen LogP contribution >= 0.6 is 0 Å². The predicted octanol–water partition coefficient (Wildman–Crippen LogP) is 3.77. The molecule has 0 bridgehead atoms. The third kappa shape index (κ3) is 4.39. The maximum absolute atomic E-state index is 14.1. The average Bonchev–Trinajstić information content (AvgIpc) is 2.71. The number of nitrogens with zero attached hydrogens (tertiary/aromatic N) is 2. The van der Waals surface area contributed by atoms with E-state index in [1.807, 2.05) is 0 Å². The van der Waals surface area contributed by atoms with Gasteiger partial charge in [0.2, 0.25) is 0 Å². The molecule has 2 aromatic carbocycles. The summed E-state index contributed by atoms with van der Waals surface area (Å²) < 4.78 is 77.4.